The molecule has 0 atom stereocenters. The van der Waals surface area contributed by atoms with E-state index in [1.165, 1.54) is 22.5 Å². The van der Waals surface area contributed by atoms with Crippen LogP contribution in [0.15, 0.2) is 37.9 Å². The number of nitrogens with one attached hydrogen (secondary N) is 1. The van der Waals surface area contributed by atoms with E-state index in [4.69, 9.17) is 0 Å². The van der Waals surface area contributed by atoms with Crippen LogP contribution in [0.1, 0.15) is 28.4 Å². The summed E-state index contributed by atoms with van der Waals surface area (Å²) in [5.74, 6) is -0.0558. The lowest BCUT2D eigenvalue weighted by atomic mass is 10.1. The molecule has 0 fully saturated rings. The summed E-state index contributed by atoms with van der Waals surface area (Å²) in [5, 5.41) is 2.96. The molecule has 0 saturated heterocycles. The zero-order valence-electron chi connectivity index (χ0n) is 10.4. The first kappa shape index (κ1) is 14.8. The Labute approximate surface area is 133 Å². The van der Waals surface area contributed by atoms with Gasteiger partial charge in [-0.3, -0.25) is 4.79 Å². The topological polar surface area (TPSA) is 29.1 Å². The Kier molecular flexibility index (Phi) is 5.19. The Morgan fingerprint density at radius 3 is 2.53 bits per heavy atom. The van der Waals surface area contributed by atoms with Gasteiger partial charge in [0.15, 0.2) is 0 Å². The second kappa shape index (κ2) is 6.68. The molecule has 100 valence electrons. The number of hydrogen-bond donors (Lipinski definition) is 1. The van der Waals surface area contributed by atoms with E-state index in [-0.39, 0.29) is 5.91 Å². The first-order valence-electron chi connectivity index (χ1n) is 5.91. The van der Waals surface area contributed by atoms with Crippen LogP contribution >= 0.6 is 43.2 Å². The lowest BCUT2D eigenvalue weighted by Gasteiger charge is -2.08. The highest BCUT2D eigenvalue weighted by Crippen LogP contribution is 2.31. The molecule has 5 heteroatoms. The lowest BCUT2D eigenvalue weighted by molar-refractivity contribution is 0.0950. The van der Waals surface area contributed by atoms with Gasteiger partial charge in [-0.15, -0.1) is 11.3 Å². The van der Waals surface area contributed by atoms with Gasteiger partial charge in [-0.25, -0.2) is 0 Å². The Bertz CT molecular complexity index is 595. The normalized spacial score (nSPS) is 10.5. The zero-order chi connectivity index (χ0) is 13.8. The summed E-state index contributed by atoms with van der Waals surface area (Å²) in [5.41, 5.74) is 3.11. The van der Waals surface area contributed by atoms with E-state index in [0.29, 0.717) is 12.1 Å². The third-order valence-electron chi connectivity index (χ3n) is 2.84. The average molecular weight is 403 g/mol. The van der Waals surface area contributed by atoms with Crippen molar-refractivity contribution in [1.29, 1.82) is 0 Å². The molecule has 2 rings (SSSR count). The van der Waals surface area contributed by atoms with Gasteiger partial charge in [0.05, 0.1) is 13.1 Å². The van der Waals surface area contributed by atoms with Crippen molar-refractivity contribution in [3.63, 3.8) is 0 Å². The van der Waals surface area contributed by atoms with Crippen LogP contribution in [0.5, 0.6) is 0 Å². The maximum Gasteiger partial charge on any atom is 0.253 e. The van der Waals surface area contributed by atoms with Gasteiger partial charge in [0, 0.05) is 6.54 Å². The van der Waals surface area contributed by atoms with Gasteiger partial charge in [0.25, 0.3) is 5.91 Å². The Morgan fingerprint density at radius 1 is 1.26 bits per heavy atom. The molecule has 2 nitrogen and oxygen atoms in total. The number of aryl methyl sites for hydroxylation is 1. The average Bonchev–Trinajstić information content (AvgIpc) is 2.75. The third kappa shape index (κ3) is 3.68. The number of hydrogen-bond acceptors (Lipinski definition) is 2. The smallest absolute Gasteiger partial charge is 0.253 e. The largest absolute Gasteiger partial charge is 0.348 e. The minimum Gasteiger partial charge on any atom is -0.348 e. The fraction of sp³-hybridized carbons (Fsp3) is 0.214. The first-order chi connectivity index (χ1) is 9.11. The van der Waals surface area contributed by atoms with Crippen molar-refractivity contribution in [3.05, 3.63) is 54.6 Å². The van der Waals surface area contributed by atoms with Crippen LogP contribution in [0.3, 0.4) is 0 Å². The van der Waals surface area contributed by atoms with Gasteiger partial charge in [-0.05, 0) is 55.5 Å². The summed E-state index contributed by atoms with van der Waals surface area (Å²) in [4.78, 5) is 12.1. The predicted octanol–water partition coefficient (Wildman–Crippen LogP) is 4.77. The maximum absolute atomic E-state index is 12.1. The van der Waals surface area contributed by atoms with Crippen LogP contribution in [-0.2, 0) is 13.0 Å². The highest BCUT2D eigenvalue weighted by Gasteiger charge is 2.13. The molecule has 0 unspecified atom stereocenters. The van der Waals surface area contributed by atoms with Crippen molar-refractivity contribution < 1.29 is 4.79 Å². The predicted molar refractivity (Wildman–Crippen MR) is 86.7 cm³/mol. The molecule has 0 aliphatic heterocycles. The summed E-state index contributed by atoms with van der Waals surface area (Å²) in [6.07, 6.45) is 0.972. The molecule has 1 heterocycles. The molecule has 0 aliphatic carbocycles. The molecule has 1 aromatic carbocycles. The van der Waals surface area contributed by atoms with E-state index in [2.05, 4.69) is 56.2 Å². The molecule has 1 N–H and O–H groups in total. The molecule has 0 aliphatic rings. The van der Waals surface area contributed by atoms with E-state index >= 15 is 0 Å². The van der Waals surface area contributed by atoms with Crippen LogP contribution in [-0.4, -0.2) is 5.91 Å². The van der Waals surface area contributed by atoms with Crippen molar-refractivity contribution in [2.45, 2.75) is 19.9 Å². The van der Waals surface area contributed by atoms with Crippen LogP contribution in [0.2, 0.25) is 0 Å². The molecule has 0 spiro atoms. The molecule has 19 heavy (non-hydrogen) atoms. The van der Waals surface area contributed by atoms with E-state index < -0.39 is 0 Å². The molecular formula is C14H13Br2NOS. The minimum absolute atomic E-state index is 0.0558. The molecule has 0 bridgehead atoms. The number of rotatable bonds is 4. The highest BCUT2D eigenvalue weighted by atomic mass is 79.9. The van der Waals surface area contributed by atoms with Gasteiger partial charge < -0.3 is 5.32 Å². The van der Waals surface area contributed by atoms with Crippen LogP contribution < -0.4 is 5.32 Å². The number of carbonyl (C=O) groups excluding carboxylic acids is 1. The number of thiophene rings is 1. The van der Waals surface area contributed by atoms with Crippen LogP contribution in [0.25, 0.3) is 0 Å². The molecule has 0 saturated carbocycles. The third-order valence-corrected chi connectivity index (χ3v) is 5.18. The van der Waals surface area contributed by atoms with Crippen molar-refractivity contribution in [3.8, 4) is 0 Å². The minimum atomic E-state index is -0.0558. The van der Waals surface area contributed by atoms with Crippen molar-refractivity contribution in [1.82, 2.24) is 5.32 Å². The molecule has 0 radical (unpaired) electrons. The monoisotopic (exact) mass is 401 g/mol. The second-order valence-corrected chi connectivity index (χ2v) is 7.79. The van der Waals surface area contributed by atoms with Crippen molar-refractivity contribution in [2.75, 3.05) is 0 Å². The molecule has 2 aromatic rings. The number of benzene rings is 1. The zero-order valence-corrected chi connectivity index (χ0v) is 14.4. The van der Waals surface area contributed by atoms with Gasteiger partial charge in [-0.1, -0.05) is 31.2 Å². The molecule has 1 aromatic heterocycles. The quantitative estimate of drug-likeness (QED) is 0.784. The highest BCUT2D eigenvalue weighted by molar-refractivity contribution is 9.12. The van der Waals surface area contributed by atoms with Gasteiger partial charge in [0.1, 0.15) is 0 Å². The molecular weight excluding hydrogens is 390 g/mol. The summed E-state index contributed by atoms with van der Waals surface area (Å²) in [7, 11) is 0. The number of halogens is 2. The van der Waals surface area contributed by atoms with E-state index in [9.17, 15) is 4.79 Å². The molecule has 1 amide bonds. The van der Waals surface area contributed by atoms with Crippen molar-refractivity contribution in [2.24, 2.45) is 0 Å². The number of carbonyl (C=O) groups is 1. The van der Waals surface area contributed by atoms with Gasteiger partial charge in [-0.2, -0.15) is 0 Å². The number of amides is 1. The maximum atomic E-state index is 12.1. The van der Waals surface area contributed by atoms with E-state index in [0.717, 1.165) is 14.0 Å². The van der Waals surface area contributed by atoms with Gasteiger partial charge in [0.2, 0.25) is 0 Å². The fourth-order valence-electron chi connectivity index (χ4n) is 1.84. The lowest BCUT2D eigenvalue weighted by Crippen LogP contribution is -2.23. The first-order valence-corrected chi connectivity index (χ1v) is 8.32. The van der Waals surface area contributed by atoms with Crippen molar-refractivity contribution >= 4 is 49.1 Å². The Morgan fingerprint density at radius 2 is 1.95 bits per heavy atom. The van der Waals surface area contributed by atoms with Gasteiger partial charge >= 0.3 is 0 Å². The summed E-state index contributed by atoms with van der Waals surface area (Å²) in [6.45, 7) is 2.68. The second-order valence-electron chi connectivity index (χ2n) is 4.04. The van der Waals surface area contributed by atoms with Crippen LogP contribution in [0, 0.1) is 0 Å². The fourth-order valence-corrected chi connectivity index (χ4v) is 4.63. The summed E-state index contributed by atoms with van der Waals surface area (Å²) < 4.78 is 1.79. The van der Waals surface area contributed by atoms with Crippen LogP contribution in [0.4, 0.5) is 0 Å². The summed E-state index contributed by atoms with van der Waals surface area (Å²) in [6, 6.07) is 10.0. The van der Waals surface area contributed by atoms with E-state index in [1.807, 2.05) is 18.2 Å². The van der Waals surface area contributed by atoms with E-state index in [1.54, 1.807) is 0 Å². The SMILES string of the molecule is CCc1ccccc1CNC(=O)c1cc(Br)sc1Br. The Balaban J connectivity index is 2.06. The Hall–Kier alpha value is -0.650. The summed E-state index contributed by atoms with van der Waals surface area (Å²) >= 11 is 8.28. The standard InChI is InChI=1S/C14H13Br2NOS/c1-2-9-5-3-4-6-10(9)8-17-14(18)11-7-12(15)19-13(11)16/h3-7H,2,8H2,1H3,(H,17,18).